The average molecular weight is 208 g/mol. The highest BCUT2D eigenvalue weighted by Crippen LogP contribution is 2.14. The van der Waals surface area contributed by atoms with Gasteiger partial charge in [0.1, 0.15) is 5.76 Å². The molecule has 0 aliphatic heterocycles. The number of aryl methyl sites for hydroxylation is 3. The molecule has 0 amide bonds. The quantitative estimate of drug-likeness (QED) is 0.684. The first-order valence-electron chi connectivity index (χ1n) is 4.77. The van der Waals surface area contributed by atoms with Crippen molar-refractivity contribution in [3.05, 3.63) is 46.0 Å². The highest BCUT2D eigenvalue weighted by atomic mass is 32.1. The summed E-state index contributed by atoms with van der Waals surface area (Å²) in [5.41, 5.74) is 0. The van der Waals surface area contributed by atoms with E-state index in [0.717, 1.165) is 5.76 Å². The molecule has 0 unspecified atom stereocenters. The van der Waals surface area contributed by atoms with Crippen LogP contribution < -0.4 is 0 Å². The third-order valence-electron chi connectivity index (χ3n) is 1.81. The first-order valence-corrected chi connectivity index (χ1v) is 5.59. The van der Waals surface area contributed by atoms with Crippen LogP contribution in [-0.2, 0) is 6.42 Å². The van der Waals surface area contributed by atoms with Gasteiger partial charge in [0.25, 0.3) is 0 Å². The van der Waals surface area contributed by atoms with Gasteiger partial charge in [-0.15, -0.1) is 11.3 Å². The fourth-order valence-electron chi connectivity index (χ4n) is 1.04. The maximum Gasteiger partial charge on any atom is 0.100 e. The minimum Gasteiger partial charge on any atom is -0.470 e. The molecule has 0 N–H and O–H groups in total. The first-order chi connectivity index (χ1) is 6.72. The molecule has 2 rings (SSSR count). The molecule has 2 heterocycles. The van der Waals surface area contributed by atoms with Crippen molar-refractivity contribution in [3.63, 3.8) is 0 Å². The van der Waals surface area contributed by atoms with Crippen molar-refractivity contribution >= 4 is 11.3 Å². The van der Waals surface area contributed by atoms with E-state index in [1.165, 1.54) is 16.2 Å². The molecular weight excluding hydrogens is 192 g/mol. The normalized spacial score (nSPS) is 9.36. The molecule has 14 heavy (non-hydrogen) atoms. The van der Waals surface area contributed by atoms with Crippen molar-refractivity contribution in [1.82, 2.24) is 0 Å². The second-order valence-electron chi connectivity index (χ2n) is 3.09. The molecule has 0 saturated carbocycles. The van der Waals surface area contributed by atoms with Crippen LogP contribution in [0.3, 0.4) is 0 Å². The van der Waals surface area contributed by atoms with Crippen LogP contribution in [0.1, 0.15) is 22.4 Å². The summed E-state index contributed by atoms with van der Waals surface area (Å²) in [6.07, 6.45) is 2.84. The summed E-state index contributed by atoms with van der Waals surface area (Å²) in [4.78, 5) is 2.91. The molecular formula is C12H16OS. The van der Waals surface area contributed by atoms with Crippen LogP contribution in [0.4, 0.5) is 0 Å². The van der Waals surface area contributed by atoms with Crippen molar-refractivity contribution < 1.29 is 4.42 Å². The van der Waals surface area contributed by atoms with Gasteiger partial charge in [0, 0.05) is 9.75 Å². The maximum atomic E-state index is 4.83. The van der Waals surface area contributed by atoms with E-state index in [-0.39, 0.29) is 0 Å². The zero-order valence-corrected chi connectivity index (χ0v) is 9.73. The molecule has 0 aromatic carbocycles. The smallest absolute Gasteiger partial charge is 0.100 e. The summed E-state index contributed by atoms with van der Waals surface area (Å²) in [5.74, 6) is 0.968. The van der Waals surface area contributed by atoms with Gasteiger partial charge in [-0.1, -0.05) is 6.92 Å². The molecule has 1 nitrogen and oxygen atoms in total. The zero-order valence-electron chi connectivity index (χ0n) is 8.91. The second-order valence-corrected chi connectivity index (χ2v) is 4.46. The van der Waals surface area contributed by atoms with Crippen LogP contribution >= 0.6 is 11.3 Å². The molecule has 76 valence electrons. The minimum absolute atomic E-state index is 0.968. The number of rotatable bonds is 1. The molecule has 2 aromatic rings. The Bertz CT molecular complexity index is 346. The van der Waals surface area contributed by atoms with Crippen molar-refractivity contribution in [2.24, 2.45) is 0 Å². The lowest BCUT2D eigenvalue weighted by Crippen LogP contribution is -1.63. The molecule has 0 aliphatic rings. The van der Waals surface area contributed by atoms with Crippen LogP contribution in [0.25, 0.3) is 0 Å². The maximum absolute atomic E-state index is 4.83. The predicted octanol–water partition coefficient (Wildman–Crippen LogP) is 4.21. The van der Waals surface area contributed by atoms with Crippen molar-refractivity contribution in [1.29, 1.82) is 0 Å². The van der Waals surface area contributed by atoms with Crippen LogP contribution in [0.15, 0.2) is 34.9 Å². The number of thiophene rings is 1. The van der Waals surface area contributed by atoms with Crippen molar-refractivity contribution in [2.75, 3.05) is 0 Å². The van der Waals surface area contributed by atoms with Gasteiger partial charge in [0.2, 0.25) is 0 Å². The monoisotopic (exact) mass is 208 g/mol. The van der Waals surface area contributed by atoms with Crippen LogP contribution in [0, 0.1) is 13.8 Å². The van der Waals surface area contributed by atoms with Gasteiger partial charge < -0.3 is 4.42 Å². The van der Waals surface area contributed by atoms with E-state index in [1.807, 2.05) is 30.4 Å². The Hall–Kier alpha value is -1.02. The summed E-state index contributed by atoms with van der Waals surface area (Å²) in [6, 6.07) is 8.15. The minimum atomic E-state index is 0.968. The van der Waals surface area contributed by atoms with E-state index in [2.05, 4.69) is 26.0 Å². The summed E-state index contributed by atoms with van der Waals surface area (Å²) in [6.45, 7) is 6.25. The van der Waals surface area contributed by atoms with Gasteiger partial charge in [-0.2, -0.15) is 0 Å². The zero-order chi connectivity index (χ0) is 10.4. The van der Waals surface area contributed by atoms with Gasteiger partial charge in [-0.05, 0) is 44.5 Å². The highest BCUT2D eigenvalue weighted by Gasteiger charge is 1.89. The van der Waals surface area contributed by atoms with Crippen molar-refractivity contribution in [3.8, 4) is 0 Å². The van der Waals surface area contributed by atoms with Crippen LogP contribution in [0.2, 0.25) is 0 Å². The molecule has 0 spiro atoms. The molecule has 0 fully saturated rings. The Kier molecular flexibility index (Phi) is 4.47. The van der Waals surface area contributed by atoms with Crippen LogP contribution in [0.5, 0.6) is 0 Å². The number of hydrogen-bond acceptors (Lipinski definition) is 2. The summed E-state index contributed by atoms with van der Waals surface area (Å²) >= 11 is 1.89. The Labute approximate surface area is 89.4 Å². The summed E-state index contributed by atoms with van der Waals surface area (Å²) < 4.78 is 4.83. The Morgan fingerprint density at radius 2 is 2.00 bits per heavy atom. The molecule has 0 radical (unpaired) electrons. The summed E-state index contributed by atoms with van der Waals surface area (Å²) in [7, 11) is 0. The SMILES string of the molecule is CCc1ccc(C)s1.Cc1ccco1. The number of hydrogen-bond donors (Lipinski definition) is 0. The molecule has 0 atom stereocenters. The van der Waals surface area contributed by atoms with Gasteiger partial charge in [0.05, 0.1) is 6.26 Å². The van der Waals surface area contributed by atoms with Crippen molar-refractivity contribution in [2.45, 2.75) is 27.2 Å². The fourth-order valence-corrected chi connectivity index (χ4v) is 1.87. The molecule has 2 heteroatoms. The second kappa shape index (κ2) is 5.66. The molecule has 0 saturated heterocycles. The number of furan rings is 1. The Balaban J connectivity index is 0.000000146. The lowest BCUT2D eigenvalue weighted by molar-refractivity contribution is 0.534. The largest absolute Gasteiger partial charge is 0.470 e. The van der Waals surface area contributed by atoms with Crippen LogP contribution in [-0.4, -0.2) is 0 Å². The van der Waals surface area contributed by atoms with E-state index in [0.29, 0.717) is 0 Å². The van der Waals surface area contributed by atoms with E-state index in [1.54, 1.807) is 6.26 Å². The molecule has 0 aliphatic carbocycles. The third-order valence-corrected chi connectivity index (χ3v) is 2.95. The first kappa shape index (κ1) is 11.1. The van der Waals surface area contributed by atoms with E-state index in [9.17, 15) is 0 Å². The van der Waals surface area contributed by atoms with Gasteiger partial charge in [-0.25, -0.2) is 0 Å². The lowest BCUT2D eigenvalue weighted by atomic mass is 10.4. The predicted molar refractivity (Wildman–Crippen MR) is 61.9 cm³/mol. The fraction of sp³-hybridized carbons (Fsp3) is 0.333. The Morgan fingerprint density at radius 1 is 1.21 bits per heavy atom. The topological polar surface area (TPSA) is 13.1 Å². The van der Waals surface area contributed by atoms with Gasteiger partial charge in [-0.3, -0.25) is 0 Å². The van der Waals surface area contributed by atoms with E-state index in [4.69, 9.17) is 4.42 Å². The summed E-state index contributed by atoms with van der Waals surface area (Å²) in [5, 5.41) is 0. The van der Waals surface area contributed by atoms with E-state index < -0.39 is 0 Å². The molecule has 0 bridgehead atoms. The highest BCUT2D eigenvalue weighted by molar-refractivity contribution is 7.11. The average Bonchev–Trinajstić information content (AvgIpc) is 2.77. The van der Waals surface area contributed by atoms with Gasteiger partial charge >= 0.3 is 0 Å². The van der Waals surface area contributed by atoms with E-state index >= 15 is 0 Å². The third kappa shape index (κ3) is 3.79. The Morgan fingerprint density at radius 3 is 2.21 bits per heavy atom. The standard InChI is InChI=1S/C7H10S.C5H6O/c1-3-7-5-4-6(2)8-7;1-5-3-2-4-6-5/h4-5H,3H2,1-2H3;2-4H,1H3. The van der Waals surface area contributed by atoms with Gasteiger partial charge in [0.15, 0.2) is 0 Å². The lowest BCUT2D eigenvalue weighted by Gasteiger charge is -1.80. The molecule has 2 aromatic heterocycles.